The third-order valence-electron chi connectivity index (χ3n) is 6.76. The number of carbonyl (C=O) groups excluding carboxylic acids is 2. The van der Waals surface area contributed by atoms with E-state index in [4.69, 9.17) is 16.3 Å². The molecule has 1 saturated carbocycles. The molecule has 5 nitrogen and oxygen atoms in total. The van der Waals surface area contributed by atoms with E-state index >= 15 is 0 Å². The largest absolute Gasteiger partial charge is 0.482 e. The minimum absolute atomic E-state index is 0.120. The highest BCUT2D eigenvalue weighted by Gasteiger charge is 2.32. The van der Waals surface area contributed by atoms with Crippen molar-refractivity contribution in [2.75, 3.05) is 6.61 Å². The van der Waals surface area contributed by atoms with Crippen LogP contribution in [0.4, 0.5) is 0 Å². The number of ether oxygens (including phenoxy) is 1. The van der Waals surface area contributed by atoms with E-state index in [1.807, 2.05) is 73.7 Å². The van der Waals surface area contributed by atoms with Crippen LogP contribution in [0.1, 0.15) is 42.4 Å². The molecule has 188 valence electrons. The van der Waals surface area contributed by atoms with Crippen molar-refractivity contribution in [3.63, 3.8) is 0 Å². The van der Waals surface area contributed by atoms with Crippen LogP contribution in [-0.4, -0.2) is 35.4 Å². The lowest BCUT2D eigenvalue weighted by molar-refractivity contribution is -0.143. The Morgan fingerprint density at radius 3 is 2.36 bits per heavy atom. The van der Waals surface area contributed by atoms with Gasteiger partial charge in [-0.1, -0.05) is 91.2 Å². The summed E-state index contributed by atoms with van der Waals surface area (Å²) < 4.78 is 5.81. The predicted octanol–water partition coefficient (Wildman–Crippen LogP) is 5.73. The van der Waals surface area contributed by atoms with Crippen molar-refractivity contribution in [2.45, 2.75) is 57.7 Å². The molecule has 0 heterocycles. The molecule has 2 amide bonds. The molecule has 0 radical (unpaired) electrons. The standard InChI is InChI=1S/C30H33ClN2O3/c1-22-11-5-6-14-24(22)20-33(29(34)21-36-28-18-10-9-17-26(28)31)27(19-23-12-3-2-4-13-23)30(35)32-25-15-7-8-16-25/h2-6,9-14,17-18,25,27H,7-8,15-16,19-21H2,1H3,(H,32,35). The van der Waals surface area contributed by atoms with Crippen LogP contribution >= 0.6 is 11.6 Å². The van der Waals surface area contributed by atoms with E-state index in [1.165, 1.54) is 0 Å². The Balaban J connectivity index is 1.63. The fourth-order valence-corrected chi connectivity index (χ4v) is 4.87. The maximum absolute atomic E-state index is 13.7. The normalized spacial score (nSPS) is 14.3. The van der Waals surface area contributed by atoms with Crippen molar-refractivity contribution in [1.82, 2.24) is 10.2 Å². The number of aryl methyl sites for hydroxylation is 1. The number of nitrogens with one attached hydrogen (secondary N) is 1. The van der Waals surface area contributed by atoms with Gasteiger partial charge in [-0.05, 0) is 48.6 Å². The lowest BCUT2D eigenvalue weighted by Gasteiger charge is -2.32. The summed E-state index contributed by atoms with van der Waals surface area (Å²) in [6, 6.07) is 24.3. The summed E-state index contributed by atoms with van der Waals surface area (Å²) in [5.41, 5.74) is 3.06. The Labute approximate surface area is 218 Å². The van der Waals surface area contributed by atoms with Gasteiger partial charge in [-0.3, -0.25) is 9.59 Å². The summed E-state index contributed by atoms with van der Waals surface area (Å²) in [6.45, 7) is 2.12. The molecule has 1 unspecified atom stereocenters. The second-order valence-electron chi connectivity index (χ2n) is 9.36. The number of carbonyl (C=O) groups is 2. The number of hydrogen-bond acceptors (Lipinski definition) is 3. The van der Waals surface area contributed by atoms with E-state index in [0.29, 0.717) is 23.7 Å². The van der Waals surface area contributed by atoms with Gasteiger partial charge in [0.05, 0.1) is 5.02 Å². The molecule has 1 fully saturated rings. The molecule has 6 heteroatoms. The van der Waals surface area contributed by atoms with E-state index < -0.39 is 6.04 Å². The second kappa shape index (κ2) is 12.6. The molecule has 1 aliphatic carbocycles. The highest BCUT2D eigenvalue weighted by atomic mass is 35.5. The van der Waals surface area contributed by atoms with E-state index in [1.54, 1.807) is 17.0 Å². The number of hydrogen-bond donors (Lipinski definition) is 1. The first-order valence-electron chi connectivity index (χ1n) is 12.6. The molecular formula is C30H33ClN2O3. The molecule has 0 bridgehead atoms. The molecule has 3 aromatic carbocycles. The molecule has 3 aromatic rings. The molecule has 0 spiro atoms. The Morgan fingerprint density at radius 1 is 0.972 bits per heavy atom. The van der Waals surface area contributed by atoms with Gasteiger partial charge < -0.3 is 15.0 Å². The molecule has 0 saturated heterocycles. The zero-order valence-electron chi connectivity index (χ0n) is 20.7. The van der Waals surface area contributed by atoms with Gasteiger partial charge in [-0.15, -0.1) is 0 Å². The zero-order chi connectivity index (χ0) is 25.3. The van der Waals surface area contributed by atoms with Crippen molar-refractivity contribution in [3.8, 4) is 5.75 Å². The number of halogens is 1. The molecule has 0 aromatic heterocycles. The summed E-state index contributed by atoms with van der Waals surface area (Å²) in [5, 5.41) is 3.66. The number of para-hydroxylation sites is 1. The quantitative estimate of drug-likeness (QED) is 0.384. The van der Waals surface area contributed by atoms with E-state index in [-0.39, 0.29) is 24.5 Å². The van der Waals surface area contributed by atoms with Crippen molar-refractivity contribution >= 4 is 23.4 Å². The van der Waals surface area contributed by atoms with Gasteiger partial charge in [-0.25, -0.2) is 0 Å². The van der Waals surface area contributed by atoms with Crippen LogP contribution in [0.3, 0.4) is 0 Å². The smallest absolute Gasteiger partial charge is 0.261 e. The molecule has 36 heavy (non-hydrogen) atoms. The molecule has 1 atom stereocenters. The van der Waals surface area contributed by atoms with Crippen molar-refractivity contribution < 1.29 is 14.3 Å². The fraction of sp³-hybridized carbons (Fsp3) is 0.333. The minimum atomic E-state index is -0.671. The van der Waals surface area contributed by atoms with E-state index in [0.717, 1.165) is 42.4 Å². The highest BCUT2D eigenvalue weighted by molar-refractivity contribution is 6.32. The maximum Gasteiger partial charge on any atom is 0.261 e. The number of benzene rings is 3. The van der Waals surface area contributed by atoms with Gasteiger partial charge >= 0.3 is 0 Å². The highest BCUT2D eigenvalue weighted by Crippen LogP contribution is 2.24. The van der Waals surface area contributed by atoms with Crippen molar-refractivity contribution in [1.29, 1.82) is 0 Å². The average Bonchev–Trinajstić information content (AvgIpc) is 3.40. The summed E-state index contributed by atoms with van der Waals surface area (Å²) in [5.74, 6) is 0.0597. The fourth-order valence-electron chi connectivity index (χ4n) is 4.68. The third kappa shape index (κ3) is 6.88. The van der Waals surface area contributed by atoms with Crippen LogP contribution in [0, 0.1) is 6.92 Å². The monoisotopic (exact) mass is 504 g/mol. The zero-order valence-corrected chi connectivity index (χ0v) is 21.4. The van der Waals surface area contributed by atoms with Crippen LogP contribution in [-0.2, 0) is 22.6 Å². The van der Waals surface area contributed by atoms with Crippen molar-refractivity contribution in [2.24, 2.45) is 0 Å². The van der Waals surface area contributed by atoms with Gasteiger partial charge in [0.2, 0.25) is 5.91 Å². The summed E-state index contributed by atoms with van der Waals surface area (Å²) in [4.78, 5) is 29.0. The molecule has 4 rings (SSSR count). The van der Waals surface area contributed by atoms with Crippen LogP contribution in [0.15, 0.2) is 78.9 Å². The maximum atomic E-state index is 13.7. The Kier molecular flexibility index (Phi) is 9.01. The van der Waals surface area contributed by atoms with Crippen LogP contribution in [0.2, 0.25) is 5.02 Å². The molecule has 1 N–H and O–H groups in total. The Morgan fingerprint density at radius 2 is 1.64 bits per heavy atom. The van der Waals surface area contributed by atoms with Crippen LogP contribution in [0.5, 0.6) is 5.75 Å². The predicted molar refractivity (Wildman–Crippen MR) is 143 cm³/mol. The number of amides is 2. The number of rotatable bonds is 10. The van der Waals surface area contributed by atoms with Crippen molar-refractivity contribution in [3.05, 3.63) is 101 Å². The van der Waals surface area contributed by atoms with Gasteiger partial charge in [0, 0.05) is 19.0 Å². The Hall–Kier alpha value is -3.31. The summed E-state index contributed by atoms with van der Waals surface area (Å²) in [6.07, 6.45) is 4.61. The first-order valence-corrected chi connectivity index (χ1v) is 12.9. The first kappa shape index (κ1) is 25.8. The summed E-state index contributed by atoms with van der Waals surface area (Å²) >= 11 is 6.24. The molecule has 1 aliphatic rings. The Bertz CT molecular complexity index is 1160. The van der Waals surface area contributed by atoms with Crippen LogP contribution in [0.25, 0.3) is 0 Å². The van der Waals surface area contributed by atoms with Gasteiger partial charge in [0.25, 0.3) is 5.91 Å². The second-order valence-corrected chi connectivity index (χ2v) is 9.77. The summed E-state index contributed by atoms with van der Waals surface area (Å²) in [7, 11) is 0. The van der Waals surface area contributed by atoms with Gasteiger partial charge in [0.15, 0.2) is 6.61 Å². The van der Waals surface area contributed by atoms with E-state index in [2.05, 4.69) is 5.32 Å². The topological polar surface area (TPSA) is 58.6 Å². The first-order chi connectivity index (χ1) is 17.5. The molecular weight excluding hydrogens is 472 g/mol. The molecule has 0 aliphatic heterocycles. The van der Waals surface area contributed by atoms with Crippen LogP contribution < -0.4 is 10.1 Å². The van der Waals surface area contributed by atoms with E-state index in [9.17, 15) is 9.59 Å². The minimum Gasteiger partial charge on any atom is -0.482 e. The SMILES string of the molecule is Cc1ccccc1CN(C(=O)COc1ccccc1Cl)C(Cc1ccccc1)C(=O)NC1CCCC1. The average molecular weight is 505 g/mol. The lowest BCUT2D eigenvalue weighted by Crippen LogP contribution is -2.53. The number of nitrogens with zero attached hydrogens (tertiary/aromatic N) is 1. The van der Waals surface area contributed by atoms with Gasteiger partial charge in [0.1, 0.15) is 11.8 Å². The van der Waals surface area contributed by atoms with Gasteiger partial charge in [-0.2, -0.15) is 0 Å². The lowest BCUT2D eigenvalue weighted by atomic mass is 10.0. The third-order valence-corrected chi connectivity index (χ3v) is 7.07.